The number of hydrogen-bond acceptors (Lipinski definition) is 3. The minimum atomic E-state index is 0.0115. The zero-order valence-corrected chi connectivity index (χ0v) is 10.5. The van der Waals surface area contributed by atoms with Crippen LogP contribution in [0.3, 0.4) is 0 Å². The molecule has 0 bridgehead atoms. The van der Waals surface area contributed by atoms with E-state index in [1.165, 1.54) is 5.69 Å². The van der Waals surface area contributed by atoms with Crippen molar-refractivity contribution in [2.24, 2.45) is 0 Å². The molecule has 0 saturated carbocycles. The van der Waals surface area contributed by atoms with Gasteiger partial charge in [-0.1, -0.05) is 6.92 Å². The molecule has 0 amide bonds. The second-order valence-electron chi connectivity index (χ2n) is 4.41. The van der Waals surface area contributed by atoms with Gasteiger partial charge in [-0.15, -0.1) is 0 Å². The molecular weight excluding hydrogens is 202 g/mol. The van der Waals surface area contributed by atoms with Crippen LogP contribution in [-0.4, -0.2) is 26.8 Å². The zero-order valence-electron chi connectivity index (χ0n) is 10.5. The second-order valence-corrected chi connectivity index (χ2v) is 4.41. The monoisotopic (exact) mass is 225 g/mol. The molecule has 4 nitrogen and oxygen atoms in total. The van der Waals surface area contributed by atoms with E-state index in [-0.39, 0.29) is 12.1 Å². The van der Waals surface area contributed by atoms with Crippen molar-refractivity contribution in [2.45, 2.75) is 52.2 Å². The van der Waals surface area contributed by atoms with Gasteiger partial charge in [-0.3, -0.25) is 0 Å². The predicted octanol–water partition coefficient (Wildman–Crippen LogP) is 1.54. The van der Waals surface area contributed by atoms with Gasteiger partial charge in [-0.05, 0) is 26.7 Å². The first-order valence-electron chi connectivity index (χ1n) is 6.00. The number of nitrogens with one attached hydrogen (secondary N) is 1. The quantitative estimate of drug-likeness (QED) is 0.740. The van der Waals surface area contributed by atoms with Gasteiger partial charge >= 0.3 is 0 Å². The highest BCUT2D eigenvalue weighted by molar-refractivity contribution is 4.99. The Hall–Kier alpha value is -0.870. The Balaban J connectivity index is 2.55. The molecule has 2 N–H and O–H groups in total. The van der Waals surface area contributed by atoms with Gasteiger partial charge < -0.3 is 15.0 Å². The van der Waals surface area contributed by atoms with Crippen LogP contribution in [0.15, 0.2) is 12.5 Å². The summed E-state index contributed by atoms with van der Waals surface area (Å²) in [5.74, 6) is 0. The Morgan fingerprint density at radius 3 is 2.81 bits per heavy atom. The molecule has 0 aromatic carbocycles. The highest BCUT2D eigenvalue weighted by Gasteiger charge is 2.20. The first kappa shape index (κ1) is 13.2. The molecule has 16 heavy (non-hydrogen) atoms. The summed E-state index contributed by atoms with van der Waals surface area (Å²) in [5.41, 5.74) is 1.21. The van der Waals surface area contributed by atoms with Gasteiger partial charge in [0.25, 0.3) is 0 Å². The molecule has 4 heteroatoms. The summed E-state index contributed by atoms with van der Waals surface area (Å²) in [7, 11) is 0. The number of aryl methyl sites for hydroxylation is 1. The Bertz CT molecular complexity index is 311. The SMILES string of the molecule is CCn1cncc1CNC(C)(CC)CCO. The summed E-state index contributed by atoms with van der Waals surface area (Å²) in [6.45, 7) is 8.37. The number of aromatic nitrogens is 2. The second kappa shape index (κ2) is 6.01. The molecule has 1 heterocycles. The van der Waals surface area contributed by atoms with Crippen LogP contribution in [0.2, 0.25) is 0 Å². The minimum absolute atomic E-state index is 0.0115. The van der Waals surface area contributed by atoms with Crippen LogP contribution < -0.4 is 5.32 Å². The van der Waals surface area contributed by atoms with E-state index < -0.39 is 0 Å². The van der Waals surface area contributed by atoms with E-state index in [9.17, 15) is 0 Å². The zero-order chi connectivity index (χ0) is 12.0. The van der Waals surface area contributed by atoms with E-state index in [0.29, 0.717) is 0 Å². The highest BCUT2D eigenvalue weighted by atomic mass is 16.3. The normalized spacial score (nSPS) is 15.0. The number of hydrogen-bond donors (Lipinski definition) is 2. The summed E-state index contributed by atoms with van der Waals surface area (Å²) in [6, 6.07) is 0. The first-order chi connectivity index (χ1) is 7.65. The van der Waals surface area contributed by atoms with Crippen molar-refractivity contribution in [3.8, 4) is 0 Å². The van der Waals surface area contributed by atoms with Crippen LogP contribution in [0, 0.1) is 0 Å². The summed E-state index contributed by atoms with van der Waals surface area (Å²) in [4.78, 5) is 4.14. The Morgan fingerprint density at radius 2 is 2.25 bits per heavy atom. The molecule has 1 aromatic rings. The fraction of sp³-hybridized carbons (Fsp3) is 0.750. The van der Waals surface area contributed by atoms with E-state index in [0.717, 1.165) is 25.9 Å². The maximum Gasteiger partial charge on any atom is 0.0948 e. The van der Waals surface area contributed by atoms with Gasteiger partial charge in [0.05, 0.1) is 12.0 Å². The van der Waals surface area contributed by atoms with Crippen LogP contribution in [0.4, 0.5) is 0 Å². The third kappa shape index (κ3) is 3.32. The molecule has 1 aromatic heterocycles. The minimum Gasteiger partial charge on any atom is -0.396 e. The highest BCUT2D eigenvalue weighted by Crippen LogP contribution is 2.14. The Morgan fingerprint density at radius 1 is 1.50 bits per heavy atom. The summed E-state index contributed by atoms with van der Waals surface area (Å²) in [6.07, 6.45) is 5.54. The Kier molecular flexibility index (Phi) is 4.96. The van der Waals surface area contributed by atoms with Crippen molar-refractivity contribution < 1.29 is 5.11 Å². The van der Waals surface area contributed by atoms with Gasteiger partial charge in [0.1, 0.15) is 0 Å². The molecule has 1 unspecified atom stereocenters. The van der Waals surface area contributed by atoms with Crippen LogP contribution in [-0.2, 0) is 13.1 Å². The van der Waals surface area contributed by atoms with Gasteiger partial charge in [0, 0.05) is 31.4 Å². The lowest BCUT2D eigenvalue weighted by Crippen LogP contribution is -2.42. The molecule has 0 radical (unpaired) electrons. The lowest BCUT2D eigenvalue weighted by Gasteiger charge is -2.29. The predicted molar refractivity (Wildman–Crippen MR) is 65.1 cm³/mol. The molecule has 0 aliphatic rings. The Labute approximate surface area is 97.7 Å². The topological polar surface area (TPSA) is 50.1 Å². The lowest BCUT2D eigenvalue weighted by atomic mass is 9.95. The summed E-state index contributed by atoms with van der Waals surface area (Å²) < 4.78 is 2.13. The summed E-state index contributed by atoms with van der Waals surface area (Å²) in [5, 5.41) is 12.5. The van der Waals surface area contributed by atoms with Gasteiger partial charge in [0.2, 0.25) is 0 Å². The van der Waals surface area contributed by atoms with E-state index in [1.54, 1.807) is 0 Å². The van der Waals surface area contributed by atoms with E-state index in [4.69, 9.17) is 5.11 Å². The number of aliphatic hydroxyl groups excluding tert-OH is 1. The van der Waals surface area contributed by atoms with Crippen LogP contribution >= 0.6 is 0 Å². The van der Waals surface area contributed by atoms with Crippen LogP contribution in [0.25, 0.3) is 0 Å². The average Bonchev–Trinajstić information content (AvgIpc) is 2.74. The third-order valence-electron chi connectivity index (χ3n) is 3.28. The molecule has 1 rings (SSSR count). The van der Waals surface area contributed by atoms with Crippen LogP contribution in [0.1, 0.15) is 39.3 Å². The molecule has 0 aliphatic carbocycles. The number of aliphatic hydroxyl groups is 1. The standard InChI is InChI=1S/C12H23N3O/c1-4-12(3,6-7-16)14-9-11-8-13-10-15(11)5-2/h8,10,14,16H,4-7,9H2,1-3H3. The molecule has 0 spiro atoms. The van der Waals surface area contributed by atoms with Crippen molar-refractivity contribution in [3.63, 3.8) is 0 Å². The van der Waals surface area contributed by atoms with Crippen molar-refractivity contribution in [1.82, 2.24) is 14.9 Å². The number of rotatable bonds is 7. The van der Waals surface area contributed by atoms with E-state index >= 15 is 0 Å². The largest absolute Gasteiger partial charge is 0.396 e. The van der Waals surface area contributed by atoms with E-state index in [2.05, 4.69) is 35.6 Å². The molecule has 1 atom stereocenters. The number of imidazole rings is 1. The molecule has 92 valence electrons. The van der Waals surface area contributed by atoms with Gasteiger partial charge in [-0.2, -0.15) is 0 Å². The molecule has 0 fully saturated rings. The maximum atomic E-state index is 9.03. The molecular formula is C12H23N3O. The molecule has 0 aliphatic heterocycles. The number of nitrogens with zero attached hydrogens (tertiary/aromatic N) is 2. The van der Waals surface area contributed by atoms with Crippen LogP contribution in [0.5, 0.6) is 0 Å². The van der Waals surface area contributed by atoms with Crippen molar-refractivity contribution in [2.75, 3.05) is 6.61 Å². The van der Waals surface area contributed by atoms with Gasteiger partial charge in [0.15, 0.2) is 0 Å². The summed E-state index contributed by atoms with van der Waals surface area (Å²) >= 11 is 0. The van der Waals surface area contributed by atoms with Gasteiger partial charge in [-0.25, -0.2) is 4.98 Å². The van der Waals surface area contributed by atoms with Crippen molar-refractivity contribution in [1.29, 1.82) is 0 Å². The maximum absolute atomic E-state index is 9.03. The smallest absolute Gasteiger partial charge is 0.0948 e. The van der Waals surface area contributed by atoms with Crippen molar-refractivity contribution >= 4 is 0 Å². The average molecular weight is 225 g/mol. The fourth-order valence-corrected chi connectivity index (χ4v) is 1.72. The first-order valence-corrected chi connectivity index (χ1v) is 6.00. The molecule has 0 saturated heterocycles. The third-order valence-corrected chi connectivity index (χ3v) is 3.28. The van der Waals surface area contributed by atoms with Crippen molar-refractivity contribution in [3.05, 3.63) is 18.2 Å². The lowest BCUT2D eigenvalue weighted by molar-refractivity contribution is 0.213. The van der Waals surface area contributed by atoms with E-state index in [1.807, 2.05) is 12.5 Å². The fourth-order valence-electron chi connectivity index (χ4n) is 1.72.